The normalized spacial score (nSPS) is 10.0. The molecular weight excluding hydrogens is 284 g/mol. The number of para-hydroxylation sites is 1. The summed E-state index contributed by atoms with van der Waals surface area (Å²) in [6.45, 7) is 0.900. The standard InChI is InChI=1S/C16H18N2O4/c19-15(12-22-13-6-2-1-3-7-13)17-9-5-10-18-16(20)14-8-4-11-21-14/h1-4,6-8,11H,5,9-10,12H2,(H,17,19)(H,18,20). The van der Waals surface area contributed by atoms with Crippen molar-refractivity contribution in [2.75, 3.05) is 19.7 Å². The Labute approximate surface area is 128 Å². The van der Waals surface area contributed by atoms with Crippen LogP contribution in [0.1, 0.15) is 17.0 Å². The molecule has 1 aromatic carbocycles. The molecular formula is C16H18N2O4. The highest BCUT2D eigenvalue weighted by Crippen LogP contribution is 2.07. The lowest BCUT2D eigenvalue weighted by atomic mass is 10.3. The Balaban J connectivity index is 1.53. The van der Waals surface area contributed by atoms with E-state index in [1.165, 1.54) is 6.26 Å². The van der Waals surface area contributed by atoms with E-state index in [1.54, 1.807) is 24.3 Å². The second kappa shape index (κ2) is 8.51. The summed E-state index contributed by atoms with van der Waals surface area (Å²) < 4.78 is 10.3. The van der Waals surface area contributed by atoms with E-state index in [0.717, 1.165) is 0 Å². The molecule has 22 heavy (non-hydrogen) atoms. The molecule has 0 bridgehead atoms. The molecule has 0 atom stereocenters. The van der Waals surface area contributed by atoms with Crippen molar-refractivity contribution in [2.45, 2.75) is 6.42 Å². The minimum absolute atomic E-state index is 0.0250. The van der Waals surface area contributed by atoms with Crippen molar-refractivity contribution in [3.05, 3.63) is 54.5 Å². The van der Waals surface area contributed by atoms with Crippen molar-refractivity contribution in [1.29, 1.82) is 0 Å². The predicted octanol–water partition coefficient (Wildman–Crippen LogP) is 1.59. The Hall–Kier alpha value is -2.76. The quantitative estimate of drug-likeness (QED) is 0.726. The average Bonchev–Trinajstić information content (AvgIpc) is 3.08. The molecule has 0 aliphatic rings. The molecule has 0 aliphatic heterocycles. The van der Waals surface area contributed by atoms with E-state index >= 15 is 0 Å². The number of ether oxygens (including phenoxy) is 1. The van der Waals surface area contributed by atoms with Crippen LogP contribution in [0.15, 0.2) is 53.1 Å². The molecule has 0 aliphatic carbocycles. The summed E-state index contributed by atoms with van der Waals surface area (Å²) in [5.41, 5.74) is 0. The van der Waals surface area contributed by atoms with E-state index < -0.39 is 0 Å². The monoisotopic (exact) mass is 302 g/mol. The second-order valence-corrected chi connectivity index (χ2v) is 4.54. The van der Waals surface area contributed by atoms with E-state index in [-0.39, 0.29) is 24.2 Å². The van der Waals surface area contributed by atoms with Crippen LogP contribution in [-0.2, 0) is 4.79 Å². The maximum atomic E-state index is 11.6. The molecule has 6 nitrogen and oxygen atoms in total. The number of furan rings is 1. The average molecular weight is 302 g/mol. The van der Waals surface area contributed by atoms with Crippen LogP contribution in [0.5, 0.6) is 5.75 Å². The second-order valence-electron chi connectivity index (χ2n) is 4.54. The van der Waals surface area contributed by atoms with E-state index in [9.17, 15) is 9.59 Å². The Bertz CT molecular complexity index is 581. The first-order chi connectivity index (χ1) is 10.8. The van der Waals surface area contributed by atoms with E-state index in [1.807, 2.05) is 18.2 Å². The minimum atomic E-state index is -0.260. The molecule has 0 saturated heterocycles. The molecule has 2 N–H and O–H groups in total. The zero-order chi connectivity index (χ0) is 15.6. The fraction of sp³-hybridized carbons (Fsp3) is 0.250. The maximum absolute atomic E-state index is 11.6. The first-order valence-corrected chi connectivity index (χ1v) is 7.02. The van der Waals surface area contributed by atoms with Gasteiger partial charge in [0.25, 0.3) is 11.8 Å². The maximum Gasteiger partial charge on any atom is 0.286 e. The highest BCUT2D eigenvalue weighted by atomic mass is 16.5. The van der Waals surface area contributed by atoms with Gasteiger partial charge in [0.15, 0.2) is 12.4 Å². The molecule has 6 heteroatoms. The van der Waals surface area contributed by atoms with Gasteiger partial charge in [0.05, 0.1) is 6.26 Å². The summed E-state index contributed by atoms with van der Waals surface area (Å²) in [5, 5.41) is 5.42. The highest BCUT2D eigenvalue weighted by Gasteiger charge is 2.07. The van der Waals surface area contributed by atoms with Crippen molar-refractivity contribution in [1.82, 2.24) is 10.6 Å². The van der Waals surface area contributed by atoms with Gasteiger partial charge in [-0.1, -0.05) is 18.2 Å². The van der Waals surface area contributed by atoms with Gasteiger partial charge in [0.2, 0.25) is 0 Å². The van der Waals surface area contributed by atoms with Gasteiger partial charge in [-0.25, -0.2) is 0 Å². The Morgan fingerprint density at radius 1 is 1.00 bits per heavy atom. The molecule has 0 saturated carbocycles. The van der Waals surface area contributed by atoms with Crippen molar-refractivity contribution < 1.29 is 18.7 Å². The van der Waals surface area contributed by atoms with Crippen LogP contribution in [-0.4, -0.2) is 31.5 Å². The zero-order valence-electron chi connectivity index (χ0n) is 12.1. The predicted molar refractivity (Wildman–Crippen MR) is 80.6 cm³/mol. The van der Waals surface area contributed by atoms with Crippen LogP contribution in [0.3, 0.4) is 0 Å². The van der Waals surface area contributed by atoms with Crippen LogP contribution in [0.2, 0.25) is 0 Å². The van der Waals surface area contributed by atoms with Crippen molar-refractivity contribution >= 4 is 11.8 Å². The highest BCUT2D eigenvalue weighted by molar-refractivity contribution is 5.91. The van der Waals surface area contributed by atoms with Crippen molar-refractivity contribution in [3.63, 3.8) is 0 Å². The van der Waals surface area contributed by atoms with Gasteiger partial charge in [0, 0.05) is 13.1 Å². The van der Waals surface area contributed by atoms with Gasteiger partial charge >= 0.3 is 0 Å². The molecule has 1 heterocycles. The number of benzene rings is 1. The Kier molecular flexibility index (Phi) is 6.04. The number of rotatable bonds is 8. The largest absolute Gasteiger partial charge is 0.484 e. The van der Waals surface area contributed by atoms with Gasteiger partial charge in [0.1, 0.15) is 5.75 Å². The van der Waals surface area contributed by atoms with Crippen LogP contribution in [0, 0.1) is 0 Å². The topological polar surface area (TPSA) is 80.6 Å². The summed E-state index contributed by atoms with van der Waals surface area (Å²) in [4.78, 5) is 23.1. The van der Waals surface area contributed by atoms with E-state index in [2.05, 4.69) is 10.6 Å². The van der Waals surface area contributed by atoms with Gasteiger partial charge in [-0.05, 0) is 30.7 Å². The SMILES string of the molecule is O=C(COc1ccccc1)NCCCNC(=O)c1ccco1. The fourth-order valence-electron chi connectivity index (χ4n) is 1.73. The number of hydrogen-bond donors (Lipinski definition) is 2. The van der Waals surface area contributed by atoms with Crippen LogP contribution >= 0.6 is 0 Å². The lowest BCUT2D eigenvalue weighted by molar-refractivity contribution is -0.123. The first kappa shape index (κ1) is 15.6. The summed E-state index contributed by atoms with van der Waals surface area (Å²) in [6.07, 6.45) is 2.07. The molecule has 0 fully saturated rings. The number of carbonyl (C=O) groups excluding carboxylic acids is 2. The van der Waals surface area contributed by atoms with Gasteiger partial charge in [-0.2, -0.15) is 0 Å². The molecule has 1 aromatic heterocycles. The summed E-state index contributed by atoms with van der Waals surface area (Å²) >= 11 is 0. The molecule has 2 aromatic rings. The van der Waals surface area contributed by atoms with Crippen LogP contribution in [0.4, 0.5) is 0 Å². The smallest absolute Gasteiger partial charge is 0.286 e. The molecule has 2 rings (SSSR count). The number of nitrogens with one attached hydrogen (secondary N) is 2. The lowest BCUT2D eigenvalue weighted by Gasteiger charge is -2.07. The molecule has 0 radical (unpaired) electrons. The number of amides is 2. The van der Waals surface area contributed by atoms with Crippen LogP contribution in [0.25, 0.3) is 0 Å². The fourth-order valence-corrected chi connectivity index (χ4v) is 1.73. The van der Waals surface area contributed by atoms with E-state index in [0.29, 0.717) is 25.3 Å². The summed E-state index contributed by atoms with van der Waals surface area (Å²) in [6, 6.07) is 12.4. The van der Waals surface area contributed by atoms with Crippen LogP contribution < -0.4 is 15.4 Å². The van der Waals surface area contributed by atoms with Gasteiger partial charge in [-0.3, -0.25) is 9.59 Å². The van der Waals surface area contributed by atoms with E-state index in [4.69, 9.17) is 9.15 Å². The number of hydrogen-bond acceptors (Lipinski definition) is 4. The summed E-state index contributed by atoms with van der Waals surface area (Å²) in [5.74, 6) is 0.480. The number of carbonyl (C=O) groups is 2. The Morgan fingerprint density at radius 3 is 2.50 bits per heavy atom. The molecule has 2 amide bonds. The van der Waals surface area contributed by atoms with Crippen molar-refractivity contribution in [2.24, 2.45) is 0 Å². The third-order valence-electron chi connectivity index (χ3n) is 2.82. The summed E-state index contributed by atoms with van der Waals surface area (Å²) in [7, 11) is 0. The minimum Gasteiger partial charge on any atom is -0.484 e. The van der Waals surface area contributed by atoms with Gasteiger partial charge in [-0.15, -0.1) is 0 Å². The van der Waals surface area contributed by atoms with Gasteiger partial charge < -0.3 is 19.8 Å². The first-order valence-electron chi connectivity index (χ1n) is 7.02. The zero-order valence-corrected chi connectivity index (χ0v) is 12.1. The molecule has 0 unspecified atom stereocenters. The Morgan fingerprint density at radius 2 is 1.77 bits per heavy atom. The molecule has 116 valence electrons. The lowest BCUT2D eigenvalue weighted by Crippen LogP contribution is -2.32. The molecule has 0 spiro atoms. The van der Waals surface area contributed by atoms with Crippen molar-refractivity contribution in [3.8, 4) is 5.75 Å². The third-order valence-corrected chi connectivity index (χ3v) is 2.82. The third kappa shape index (κ3) is 5.32.